The van der Waals surface area contributed by atoms with Crippen molar-refractivity contribution in [3.8, 4) is 0 Å². The van der Waals surface area contributed by atoms with Crippen LogP contribution in [0.1, 0.15) is 27.7 Å². The van der Waals surface area contributed by atoms with E-state index in [-0.39, 0.29) is 17.5 Å². The summed E-state index contributed by atoms with van der Waals surface area (Å²) in [6.45, 7) is 8.05. The van der Waals surface area contributed by atoms with E-state index >= 15 is 0 Å². The van der Waals surface area contributed by atoms with Crippen molar-refractivity contribution < 1.29 is 9.68 Å². The zero-order valence-electron chi connectivity index (χ0n) is 10.1. The molecular weight excluding hydrogens is 205 g/mol. The molecule has 1 atom stereocenters. The molecule has 0 aliphatic heterocycles. The third-order valence-electron chi connectivity index (χ3n) is 2.53. The Morgan fingerprint density at radius 2 is 1.88 bits per heavy atom. The van der Waals surface area contributed by atoms with Gasteiger partial charge in [0.1, 0.15) is 0 Å². The highest BCUT2D eigenvalue weighted by Crippen LogP contribution is 2.21. The maximum atomic E-state index is 9.80. The number of anilines is 1. The monoisotopic (exact) mass is 223 g/mol. The second-order valence-corrected chi connectivity index (χ2v) is 4.87. The van der Waals surface area contributed by atoms with E-state index in [9.17, 15) is 5.02 Å². The Labute approximate surface area is 96.2 Å². The van der Waals surface area contributed by atoms with E-state index < -0.39 is 7.12 Å². The number of aromatic nitrogens is 2. The van der Waals surface area contributed by atoms with E-state index in [0.29, 0.717) is 5.46 Å². The fourth-order valence-electron chi connectivity index (χ4n) is 0.952. The van der Waals surface area contributed by atoms with Gasteiger partial charge in [-0.05, 0) is 12.3 Å². The first-order chi connectivity index (χ1) is 7.30. The largest absolute Gasteiger partial charge is 0.494 e. The van der Waals surface area contributed by atoms with Crippen LogP contribution in [0.5, 0.6) is 0 Å². The van der Waals surface area contributed by atoms with Crippen LogP contribution in [-0.2, 0) is 4.65 Å². The quantitative estimate of drug-likeness (QED) is 0.715. The second-order valence-electron chi connectivity index (χ2n) is 4.87. The molecule has 1 rings (SSSR count). The lowest BCUT2D eigenvalue weighted by Crippen LogP contribution is -2.41. The Balaban J connectivity index is 2.65. The van der Waals surface area contributed by atoms with Gasteiger partial charge in [0.05, 0.1) is 0 Å². The van der Waals surface area contributed by atoms with Crippen LogP contribution in [0.15, 0.2) is 12.4 Å². The molecule has 0 aliphatic carbocycles. The highest BCUT2D eigenvalue weighted by molar-refractivity contribution is 6.59. The molecule has 0 fully saturated rings. The summed E-state index contributed by atoms with van der Waals surface area (Å²) in [5.41, 5.74) is 5.83. The molecule has 0 aliphatic rings. The van der Waals surface area contributed by atoms with Gasteiger partial charge >= 0.3 is 7.12 Å². The van der Waals surface area contributed by atoms with Crippen LogP contribution < -0.4 is 11.2 Å². The van der Waals surface area contributed by atoms with Gasteiger partial charge in [-0.3, -0.25) is 0 Å². The lowest BCUT2D eigenvalue weighted by molar-refractivity contribution is 0.0858. The molecule has 0 radical (unpaired) electrons. The lowest BCUT2D eigenvalue weighted by Gasteiger charge is -2.28. The Kier molecular flexibility index (Phi) is 3.88. The van der Waals surface area contributed by atoms with Crippen LogP contribution in [0, 0.1) is 5.41 Å². The van der Waals surface area contributed by atoms with Crippen molar-refractivity contribution in [2.75, 3.05) is 5.73 Å². The maximum Gasteiger partial charge on any atom is 0.494 e. The van der Waals surface area contributed by atoms with Crippen molar-refractivity contribution >= 4 is 18.5 Å². The van der Waals surface area contributed by atoms with Gasteiger partial charge in [0, 0.05) is 24.0 Å². The van der Waals surface area contributed by atoms with E-state index in [2.05, 4.69) is 9.97 Å². The van der Waals surface area contributed by atoms with Gasteiger partial charge in [-0.15, -0.1) is 0 Å². The molecule has 6 heteroatoms. The number of rotatable bonds is 3. The third-order valence-corrected chi connectivity index (χ3v) is 2.53. The first-order valence-corrected chi connectivity index (χ1v) is 5.21. The van der Waals surface area contributed by atoms with Crippen molar-refractivity contribution in [3.63, 3.8) is 0 Å². The molecule has 0 saturated heterocycles. The Bertz CT molecular complexity index is 337. The van der Waals surface area contributed by atoms with Gasteiger partial charge < -0.3 is 15.4 Å². The van der Waals surface area contributed by atoms with Gasteiger partial charge in [-0.25, -0.2) is 9.97 Å². The van der Waals surface area contributed by atoms with Gasteiger partial charge in [-0.2, -0.15) is 0 Å². The van der Waals surface area contributed by atoms with E-state index in [1.54, 1.807) is 0 Å². The van der Waals surface area contributed by atoms with Crippen molar-refractivity contribution in [1.29, 1.82) is 0 Å². The molecule has 1 aromatic rings. The molecule has 1 heterocycles. The molecule has 0 spiro atoms. The molecule has 16 heavy (non-hydrogen) atoms. The highest BCUT2D eigenvalue weighted by Gasteiger charge is 2.27. The predicted molar refractivity (Wildman–Crippen MR) is 64.1 cm³/mol. The molecule has 0 amide bonds. The maximum absolute atomic E-state index is 9.80. The molecule has 5 nitrogen and oxygen atoms in total. The second kappa shape index (κ2) is 4.80. The van der Waals surface area contributed by atoms with E-state index in [4.69, 9.17) is 10.4 Å². The van der Waals surface area contributed by atoms with E-state index in [1.165, 1.54) is 12.4 Å². The summed E-state index contributed by atoms with van der Waals surface area (Å²) in [6, 6.07) is 0. The first-order valence-electron chi connectivity index (χ1n) is 5.21. The summed E-state index contributed by atoms with van der Waals surface area (Å²) >= 11 is 0. The van der Waals surface area contributed by atoms with Gasteiger partial charge in [0.25, 0.3) is 0 Å². The number of hydrogen-bond donors (Lipinski definition) is 2. The molecule has 0 bridgehead atoms. The van der Waals surface area contributed by atoms with E-state index in [1.807, 2.05) is 27.7 Å². The lowest BCUT2D eigenvalue weighted by atomic mass is 9.79. The van der Waals surface area contributed by atoms with Crippen LogP contribution in [0.2, 0.25) is 0 Å². The SMILES string of the molecule is CC(OB(O)c1cnc(N)nc1)C(C)(C)C. The van der Waals surface area contributed by atoms with Crippen molar-refractivity contribution in [1.82, 2.24) is 9.97 Å². The van der Waals surface area contributed by atoms with Crippen molar-refractivity contribution in [3.05, 3.63) is 12.4 Å². The zero-order chi connectivity index (χ0) is 12.3. The van der Waals surface area contributed by atoms with Crippen molar-refractivity contribution in [2.45, 2.75) is 33.8 Å². The van der Waals surface area contributed by atoms with Crippen molar-refractivity contribution in [2.24, 2.45) is 5.41 Å². The van der Waals surface area contributed by atoms with Gasteiger partial charge in [0.2, 0.25) is 5.95 Å². The summed E-state index contributed by atoms with van der Waals surface area (Å²) in [5, 5.41) is 9.80. The highest BCUT2D eigenvalue weighted by atomic mass is 16.5. The summed E-state index contributed by atoms with van der Waals surface area (Å²) in [4.78, 5) is 7.59. The molecule has 88 valence electrons. The number of nitrogen functional groups attached to an aromatic ring is 1. The summed E-state index contributed by atoms with van der Waals surface area (Å²) < 4.78 is 5.48. The minimum Gasteiger partial charge on any atom is -0.423 e. The van der Waals surface area contributed by atoms with Crippen LogP contribution in [0.4, 0.5) is 5.95 Å². The number of nitrogens with two attached hydrogens (primary N) is 1. The minimum atomic E-state index is -1.02. The van der Waals surface area contributed by atoms with Gasteiger partial charge in [0.15, 0.2) is 0 Å². The zero-order valence-corrected chi connectivity index (χ0v) is 10.1. The third kappa shape index (κ3) is 3.46. The molecule has 3 N–H and O–H groups in total. The van der Waals surface area contributed by atoms with E-state index in [0.717, 1.165) is 0 Å². The fourth-order valence-corrected chi connectivity index (χ4v) is 0.952. The summed E-state index contributed by atoms with van der Waals surface area (Å²) in [7, 11) is -1.02. The Morgan fingerprint density at radius 1 is 1.38 bits per heavy atom. The fraction of sp³-hybridized carbons (Fsp3) is 0.600. The average Bonchev–Trinajstić information content (AvgIpc) is 2.17. The first kappa shape index (κ1) is 12.9. The van der Waals surface area contributed by atoms with Gasteiger partial charge in [-0.1, -0.05) is 20.8 Å². The Hall–Kier alpha value is -1.14. The molecule has 1 aromatic heterocycles. The summed E-state index contributed by atoms with van der Waals surface area (Å²) in [6.07, 6.45) is 2.84. The topological polar surface area (TPSA) is 81.3 Å². The molecule has 1 unspecified atom stereocenters. The number of nitrogens with zero attached hydrogens (tertiary/aromatic N) is 2. The van der Waals surface area contributed by atoms with Crippen LogP contribution in [-0.4, -0.2) is 28.2 Å². The normalized spacial score (nSPS) is 13.6. The summed E-state index contributed by atoms with van der Waals surface area (Å²) in [5.74, 6) is 0.180. The van der Waals surface area contributed by atoms with Crippen LogP contribution in [0.3, 0.4) is 0 Å². The predicted octanol–water partition coefficient (Wildman–Crippen LogP) is 0.197. The smallest absolute Gasteiger partial charge is 0.423 e. The minimum absolute atomic E-state index is 0.0321. The Morgan fingerprint density at radius 3 is 2.31 bits per heavy atom. The van der Waals surface area contributed by atoms with Crippen LogP contribution in [0.25, 0.3) is 0 Å². The molecule has 0 saturated carbocycles. The molecular formula is C10H18BN3O2. The number of hydrogen-bond acceptors (Lipinski definition) is 5. The van der Waals surface area contributed by atoms with Crippen LogP contribution >= 0.6 is 0 Å². The molecule has 0 aromatic carbocycles. The standard InChI is InChI=1S/C10H18BN3O2/c1-7(10(2,3)4)16-11(15)8-5-13-9(12)14-6-8/h5-7,15H,1-4H3,(H2,12,13,14). The average molecular weight is 223 g/mol.